The number of likely N-dealkylation sites (tertiary alicyclic amines) is 1. The summed E-state index contributed by atoms with van der Waals surface area (Å²) in [6.45, 7) is 6.09. The molecule has 1 fully saturated rings. The van der Waals surface area contributed by atoms with Crippen LogP contribution in [0.3, 0.4) is 0 Å². The maximum absolute atomic E-state index is 14.1. The van der Waals surface area contributed by atoms with Crippen LogP contribution in [0.1, 0.15) is 55.5 Å². The number of amides is 1. The molecule has 5 nitrogen and oxygen atoms in total. The van der Waals surface area contributed by atoms with Crippen LogP contribution in [0.4, 0.5) is 13.6 Å². The molecule has 1 N–H and O–H groups in total. The number of carbonyl (C=O) groups excluding carboxylic acids is 1. The van der Waals surface area contributed by atoms with Crippen LogP contribution in [0.25, 0.3) is 0 Å². The molecule has 1 aliphatic heterocycles. The average molecular weight is 341 g/mol. The van der Waals surface area contributed by atoms with E-state index in [9.17, 15) is 18.4 Å². The Morgan fingerprint density at radius 2 is 1.75 bits per heavy atom. The third kappa shape index (κ3) is 4.21. The van der Waals surface area contributed by atoms with Crippen molar-refractivity contribution in [3.05, 3.63) is 34.9 Å². The van der Waals surface area contributed by atoms with Crippen LogP contribution in [0, 0.1) is 11.6 Å². The highest BCUT2D eigenvalue weighted by atomic mass is 19.1. The molecular weight excluding hydrogens is 320 g/mol. The Morgan fingerprint density at radius 3 is 2.25 bits per heavy atom. The van der Waals surface area contributed by atoms with Crippen molar-refractivity contribution in [2.75, 3.05) is 13.1 Å². The summed E-state index contributed by atoms with van der Waals surface area (Å²) in [7, 11) is 0. The van der Waals surface area contributed by atoms with Gasteiger partial charge in [0.1, 0.15) is 17.2 Å². The number of benzene rings is 1. The van der Waals surface area contributed by atoms with Gasteiger partial charge in [-0.05, 0) is 57.2 Å². The van der Waals surface area contributed by atoms with Crippen molar-refractivity contribution in [3.8, 4) is 0 Å². The van der Waals surface area contributed by atoms with Gasteiger partial charge >= 0.3 is 12.1 Å². The van der Waals surface area contributed by atoms with Crippen LogP contribution in [0.5, 0.6) is 0 Å². The van der Waals surface area contributed by atoms with Crippen molar-refractivity contribution in [1.82, 2.24) is 4.90 Å². The zero-order valence-electron chi connectivity index (χ0n) is 13.9. The monoisotopic (exact) mass is 341 g/mol. The van der Waals surface area contributed by atoms with Crippen molar-refractivity contribution < 1.29 is 28.2 Å². The Morgan fingerprint density at radius 1 is 1.17 bits per heavy atom. The highest BCUT2D eigenvalue weighted by Crippen LogP contribution is 2.31. The predicted molar refractivity (Wildman–Crippen MR) is 83.1 cm³/mol. The van der Waals surface area contributed by atoms with Gasteiger partial charge < -0.3 is 14.7 Å². The first-order valence-electron chi connectivity index (χ1n) is 7.78. The van der Waals surface area contributed by atoms with Gasteiger partial charge in [-0.3, -0.25) is 0 Å². The molecular formula is C17H21F2NO4. The molecule has 2 rings (SSSR count). The number of hydrogen-bond acceptors (Lipinski definition) is 3. The molecule has 0 radical (unpaired) electrons. The van der Waals surface area contributed by atoms with Crippen molar-refractivity contribution >= 4 is 12.1 Å². The number of piperidine rings is 1. The van der Waals surface area contributed by atoms with Crippen LogP contribution in [0.15, 0.2) is 12.1 Å². The summed E-state index contributed by atoms with van der Waals surface area (Å²) in [6, 6.07) is 1.67. The molecule has 0 saturated carbocycles. The predicted octanol–water partition coefficient (Wildman–Crippen LogP) is 3.78. The molecule has 0 bridgehead atoms. The largest absolute Gasteiger partial charge is 0.478 e. The first-order valence-corrected chi connectivity index (χ1v) is 7.78. The highest BCUT2D eigenvalue weighted by molar-refractivity contribution is 5.88. The summed E-state index contributed by atoms with van der Waals surface area (Å²) in [6.07, 6.45) is 0.498. The molecule has 1 heterocycles. The summed E-state index contributed by atoms with van der Waals surface area (Å²) in [5, 5.41) is 8.82. The van der Waals surface area contributed by atoms with Crippen LogP contribution < -0.4 is 0 Å². The van der Waals surface area contributed by atoms with Crippen LogP contribution in [0.2, 0.25) is 0 Å². The number of carboxylic acids is 1. The molecule has 1 aromatic rings. The lowest BCUT2D eigenvalue weighted by molar-refractivity contribution is 0.0204. The van der Waals surface area contributed by atoms with E-state index in [1.807, 2.05) is 0 Å². The number of carbonyl (C=O) groups is 2. The van der Waals surface area contributed by atoms with E-state index < -0.39 is 34.9 Å². The summed E-state index contributed by atoms with van der Waals surface area (Å²) < 4.78 is 33.2. The lowest BCUT2D eigenvalue weighted by Crippen LogP contribution is -2.41. The standard InChI is InChI=1S/C17H21F2NO4/c1-17(2,3)24-16(23)20-6-4-10(5-7-20)11-8-14(19)12(15(21)22)9-13(11)18/h8-10H,4-7H2,1-3H3,(H,21,22). The Balaban J connectivity index is 2.06. The molecule has 0 atom stereocenters. The van der Waals surface area contributed by atoms with Gasteiger partial charge in [-0.2, -0.15) is 0 Å². The quantitative estimate of drug-likeness (QED) is 0.889. The van der Waals surface area contributed by atoms with E-state index >= 15 is 0 Å². The van der Waals surface area contributed by atoms with Crippen molar-refractivity contribution in [1.29, 1.82) is 0 Å². The number of aromatic carboxylic acids is 1. The van der Waals surface area contributed by atoms with Gasteiger partial charge in [-0.25, -0.2) is 18.4 Å². The zero-order valence-corrected chi connectivity index (χ0v) is 13.9. The maximum Gasteiger partial charge on any atom is 0.410 e. The average Bonchev–Trinajstić information content (AvgIpc) is 2.47. The van der Waals surface area contributed by atoms with Gasteiger partial charge in [0.2, 0.25) is 0 Å². The summed E-state index contributed by atoms with van der Waals surface area (Å²) in [4.78, 5) is 24.4. The number of halogens is 2. The van der Waals surface area contributed by atoms with Gasteiger partial charge in [-0.15, -0.1) is 0 Å². The van der Waals surface area contributed by atoms with Gasteiger partial charge in [-0.1, -0.05) is 0 Å². The second-order valence-corrected chi connectivity index (χ2v) is 6.90. The van der Waals surface area contributed by atoms with Gasteiger partial charge in [0.05, 0.1) is 5.56 Å². The van der Waals surface area contributed by atoms with E-state index in [0.29, 0.717) is 32.0 Å². The van der Waals surface area contributed by atoms with Gasteiger partial charge in [0, 0.05) is 13.1 Å². The molecule has 1 amide bonds. The normalized spacial score (nSPS) is 16.1. The van der Waals surface area contributed by atoms with Crippen molar-refractivity contribution in [2.45, 2.75) is 45.1 Å². The highest BCUT2D eigenvalue weighted by Gasteiger charge is 2.29. The Kier molecular flexibility index (Phi) is 5.11. The smallest absolute Gasteiger partial charge is 0.410 e. The second kappa shape index (κ2) is 6.75. The number of nitrogens with zero attached hydrogens (tertiary/aromatic N) is 1. The molecule has 0 spiro atoms. The molecule has 1 aromatic carbocycles. The topological polar surface area (TPSA) is 66.8 Å². The van der Waals surface area contributed by atoms with E-state index in [1.54, 1.807) is 25.7 Å². The van der Waals surface area contributed by atoms with Crippen LogP contribution in [-0.2, 0) is 4.74 Å². The fourth-order valence-corrected chi connectivity index (χ4v) is 2.74. The maximum atomic E-state index is 14.1. The molecule has 1 aliphatic rings. The Labute approximate surface area is 139 Å². The third-order valence-corrected chi connectivity index (χ3v) is 3.90. The van der Waals surface area contributed by atoms with Gasteiger partial charge in [0.15, 0.2) is 0 Å². The molecule has 0 aliphatic carbocycles. The third-order valence-electron chi connectivity index (χ3n) is 3.90. The fraction of sp³-hybridized carbons (Fsp3) is 0.529. The van der Waals surface area contributed by atoms with E-state index in [4.69, 9.17) is 9.84 Å². The van der Waals surface area contributed by atoms with E-state index in [2.05, 4.69) is 0 Å². The minimum Gasteiger partial charge on any atom is -0.478 e. The summed E-state index contributed by atoms with van der Waals surface area (Å²) in [5.41, 5.74) is -1.11. The molecule has 24 heavy (non-hydrogen) atoms. The molecule has 7 heteroatoms. The Bertz CT molecular complexity index is 647. The molecule has 0 unspecified atom stereocenters. The number of rotatable bonds is 2. The minimum atomic E-state index is -1.50. The molecule has 1 saturated heterocycles. The molecule has 0 aromatic heterocycles. The summed E-state index contributed by atoms with van der Waals surface area (Å²) in [5.74, 6) is -3.45. The van der Waals surface area contributed by atoms with Crippen molar-refractivity contribution in [3.63, 3.8) is 0 Å². The number of hydrogen-bond donors (Lipinski definition) is 1. The van der Waals surface area contributed by atoms with Crippen LogP contribution in [-0.4, -0.2) is 40.8 Å². The van der Waals surface area contributed by atoms with Crippen LogP contribution >= 0.6 is 0 Å². The minimum absolute atomic E-state index is 0.154. The number of carboxylic acid groups (broad SMARTS) is 1. The lowest BCUT2D eigenvalue weighted by atomic mass is 9.88. The number of ether oxygens (including phenoxy) is 1. The van der Waals surface area contributed by atoms with E-state index in [-0.39, 0.29) is 11.5 Å². The fourth-order valence-electron chi connectivity index (χ4n) is 2.74. The van der Waals surface area contributed by atoms with E-state index in [0.717, 1.165) is 6.07 Å². The van der Waals surface area contributed by atoms with Gasteiger partial charge in [0.25, 0.3) is 0 Å². The lowest BCUT2D eigenvalue weighted by Gasteiger charge is -2.33. The SMILES string of the molecule is CC(C)(C)OC(=O)N1CCC(c2cc(F)c(C(=O)O)cc2F)CC1. The van der Waals surface area contributed by atoms with Crippen molar-refractivity contribution in [2.24, 2.45) is 0 Å². The zero-order chi connectivity index (χ0) is 18.1. The Hall–Kier alpha value is -2.18. The first kappa shape index (κ1) is 18.2. The summed E-state index contributed by atoms with van der Waals surface area (Å²) >= 11 is 0. The molecule has 132 valence electrons. The second-order valence-electron chi connectivity index (χ2n) is 6.90. The van der Waals surface area contributed by atoms with E-state index in [1.165, 1.54) is 0 Å². The first-order chi connectivity index (χ1) is 11.1.